The number of rotatable bonds is 3. The summed E-state index contributed by atoms with van der Waals surface area (Å²) in [6.07, 6.45) is 0. The van der Waals surface area contributed by atoms with E-state index in [2.05, 4.69) is 44.5 Å². The maximum absolute atomic E-state index is 11.4. The number of hydrogen-bond acceptors (Lipinski definition) is 3. The van der Waals surface area contributed by atoms with E-state index in [0.717, 1.165) is 43.2 Å². The predicted molar refractivity (Wildman–Crippen MR) is 90.7 cm³/mol. The van der Waals surface area contributed by atoms with Crippen LogP contribution < -0.4 is 5.32 Å². The van der Waals surface area contributed by atoms with Crippen molar-refractivity contribution in [2.45, 2.75) is 20.4 Å². The zero-order valence-corrected chi connectivity index (χ0v) is 14.8. The fraction of sp³-hybridized carbons (Fsp3) is 0.571. The van der Waals surface area contributed by atoms with Gasteiger partial charge in [0, 0.05) is 54.4 Å². The number of halogens is 1. The molecule has 21 heavy (non-hydrogen) atoms. The van der Waals surface area contributed by atoms with Gasteiger partial charge in [-0.15, -0.1) is 11.3 Å². The molecule has 0 unspecified atom stereocenters. The molecule has 1 fully saturated rings. The summed E-state index contributed by atoms with van der Waals surface area (Å²) in [6.45, 7) is 8.44. The smallest absolute Gasteiger partial charge is 0.219 e. The molecule has 1 aromatic rings. The predicted octanol–water partition coefficient (Wildman–Crippen LogP) is 2.14. The van der Waals surface area contributed by atoms with Gasteiger partial charge in [-0.25, -0.2) is 4.99 Å². The van der Waals surface area contributed by atoms with Gasteiger partial charge in [0.25, 0.3) is 0 Å². The van der Waals surface area contributed by atoms with E-state index in [4.69, 9.17) is 4.99 Å². The van der Waals surface area contributed by atoms with Crippen LogP contribution in [0.3, 0.4) is 0 Å². The molecule has 5 nitrogen and oxygen atoms in total. The lowest BCUT2D eigenvalue weighted by molar-refractivity contribution is -0.130. The minimum absolute atomic E-state index is 0.153. The molecule has 1 N–H and O–H groups in total. The Morgan fingerprint density at radius 1 is 1.38 bits per heavy atom. The highest BCUT2D eigenvalue weighted by Gasteiger charge is 2.20. The van der Waals surface area contributed by atoms with Gasteiger partial charge in [-0.1, -0.05) is 0 Å². The Hall–Kier alpha value is -1.08. The first-order chi connectivity index (χ1) is 10.1. The van der Waals surface area contributed by atoms with E-state index >= 15 is 0 Å². The molecular formula is C14H21BrN4OS. The quantitative estimate of drug-likeness (QED) is 0.653. The number of aliphatic imine (C=N–C) groups is 1. The summed E-state index contributed by atoms with van der Waals surface area (Å²) in [7, 11) is 0. The molecule has 1 amide bonds. The van der Waals surface area contributed by atoms with Gasteiger partial charge in [-0.3, -0.25) is 4.79 Å². The second kappa shape index (κ2) is 7.79. The topological polar surface area (TPSA) is 47.9 Å². The molecule has 0 saturated carbocycles. The van der Waals surface area contributed by atoms with Crippen LogP contribution in [0.25, 0.3) is 0 Å². The van der Waals surface area contributed by atoms with Crippen molar-refractivity contribution in [3.63, 3.8) is 0 Å². The van der Waals surface area contributed by atoms with E-state index in [1.54, 1.807) is 18.3 Å². The first kappa shape index (κ1) is 16.3. The number of guanidine groups is 1. The summed E-state index contributed by atoms with van der Waals surface area (Å²) in [4.78, 5) is 21.4. The number of amides is 1. The van der Waals surface area contributed by atoms with E-state index in [-0.39, 0.29) is 5.91 Å². The van der Waals surface area contributed by atoms with Crippen molar-refractivity contribution < 1.29 is 4.79 Å². The minimum atomic E-state index is 0.153. The molecule has 7 heteroatoms. The monoisotopic (exact) mass is 372 g/mol. The molecule has 2 rings (SSSR count). The number of carbonyl (C=O) groups excluding carboxylic acids is 1. The number of thiophene rings is 1. The molecule has 0 bridgehead atoms. The normalized spacial score (nSPS) is 16.2. The maximum atomic E-state index is 11.4. The Labute approximate surface area is 138 Å². The van der Waals surface area contributed by atoms with Crippen molar-refractivity contribution in [3.8, 4) is 0 Å². The molecule has 1 aliphatic rings. The van der Waals surface area contributed by atoms with E-state index in [1.807, 2.05) is 4.90 Å². The summed E-state index contributed by atoms with van der Waals surface area (Å²) in [5.41, 5.74) is 0. The van der Waals surface area contributed by atoms with Crippen molar-refractivity contribution in [2.75, 3.05) is 32.7 Å². The highest BCUT2D eigenvalue weighted by Crippen LogP contribution is 2.20. The van der Waals surface area contributed by atoms with Crippen molar-refractivity contribution in [1.29, 1.82) is 0 Å². The van der Waals surface area contributed by atoms with Gasteiger partial charge in [0.1, 0.15) is 0 Å². The van der Waals surface area contributed by atoms with Gasteiger partial charge in [-0.05, 0) is 28.9 Å². The number of nitrogens with zero attached hydrogens (tertiary/aromatic N) is 3. The van der Waals surface area contributed by atoms with Crippen LogP contribution in [0.4, 0.5) is 0 Å². The third-order valence-corrected chi connectivity index (χ3v) is 5.05. The van der Waals surface area contributed by atoms with Crippen LogP contribution >= 0.6 is 27.3 Å². The number of piperazine rings is 1. The summed E-state index contributed by atoms with van der Waals surface area (Å²) >= 11 is 5.17. The Morgan fingerprint density at radius 3 is 2.57 bits per heavy atom. The van der Waals surface area contributed by atoms with Crippen LogP contribution in [0.1, 0.15) is 18.7 Å². The lowest BCUT2D eigenvalue weighted by Gasteiger charge is -2.36. The lowest BCUT2D eigenvalue weighted by atomic mass is 10.3. The molecule has 1 saturated heterocycles. The number of hydrogen-bond donors (Lipinski definition) is 1. The molecule has 1 aliphatic heterocycles. The molecule has 0 aromatic carbocycles. The molecule has 1 aromatic heterocycles. The summed E-state index contributed by atoms with van der Waals surface area (Å²) in [5, 5.41) is 5.41. The fourth-order valence-corrected chi connectivity index (χ4v) is 3.62. The lowest BCUT2D eigenvalue weighted by Crippen LogP contribution is -2.53. The second-order valence-corrected chi connectivity index (χ2v) is 6.81. The molecule has 2 heterocycles. The number of carbonyl (C=O) groups is 1. The molecule has 0 atom stereocenters. The Morgan fingerprint density at radius 2 is 2.05 bits per heavy atom. The van der Waals surface area contributed by atoms with Crippen LogP contribution in [0.15, 0.2) is 20.9 Å². The maximum Gasteiger partial charge on any atom is 0.219 e. The Bertz CT molecular complexity index is 509. The zero-order chi connectivity index (χ0) is 15.2. The van der Waals surface area contributed by atoms with Crippen molar-refractivity contribution in [2.24, 2.45) is 4.99 Å². The van der Waals surface area contributed by atoms with Crippen molar-refractivity contribution >= 4 is 39.1 Å². The average molecular weight is 373 g/mol. The summed E-state index contributed by atoms with van der Waals surface area (Å²) in [5.74, 6) is 1.09. The van der Waals surface area contributed by atoms with E-state index in [1.165, 1.54) is 4.88 Å². The summed E-state index contributed by atoms with van der Waals surface area (Å²) in [6, 6.07) is 2.10. The van der Waals surface area contributed by atoms with Crippen LogP contribution in [-0.2, 0) is 11.3 Å². The fourth-order valence-electron chi connectivity index (χ4n) is 2.25. The highest BCUT2D eigenvalue weighted by molar-refractivity contribution is 9.10. The van der Waals surface area contributed by atoms with Crippen LogP contribution in [0.5, 0.6) is 0 Å². The van der Waals surface area contributed by atoms with Gasteiger partial charge in [-0.2, -0.15) is 0 Å². The molecule has 0 aliphatic carbocycles. The Balaban J connectivity index is 1.97. The average Bonchev–Trinajstić information content (AvgIpc) is 2.89. The molecule has 0 spiro atoms. The first-order valence-corrected chi connectivity index (χ1v) is 8.79. The SMILES string of the molecule is CCNC(=NCc1cc(Br)cs1)N1CCN(C(C)=O)CC1. The van der Waals surface area contributed by atoms with Crippen molar-refractivity contribution in [3.05, 3.63) is 20.8 Å². The van der Waals surface area contributed by atoms with Gasteiger partial charge in [0.15, 0.2) is 5.96 Å². The molecule has 116 valence electrons. The van der Waals surface area contributed by atoms with Gasteiger partial charge in [0.2, 0.25) is 5.91 Å². The minimum Gasteiger partial charge on any atom is -0.357 e. The number of nitrogens with one attached hydrogen (secondary N) is 1. The zero-order valence-electron chi connectivity index (χ0n) is 12.4. The molecular weight excluding hydrogens is 352 g/mol. The standard InChI is InChI=1S/C14H21BrN4OS/c1-3-16-14(17-9-13-8-12(15)10-21-13)19-6-4-18(5-7-19)11(2)20/h8,10H,3-7,9H2,1-2H3,(H,16,17). The van der Waals surface area contributed by atoms with Crippen LogP contribution in [-0.4, -0.2) is 54.4 Å². The largest absolute Gasteiger partial charge is 0.357 e. The van der Waals surface area contributed by atoms with E-state index in [0.29, 0.717) is 6.54 Å². The third-order valence-electron chi connectivity index (χ3n) is 3.37. The van der Waals surface area contributed by atoms with E-state index in [9.17, 15) is 4.79 Å². The van der Waals surface area contributed by atoms with Crippen LogP contribution in [0, 0.1) is 0 Å². The van der Waals surface area contributed by atoms with E-state index < -0.39 is 0 Å². The van der Waals surface area contributed by atoms with Gasteiger partial charge in [0.05, 0.1) is 6.54 Å². The second-order valence-electron chi connectivity index (χ2n) is 4.89. The third kappa shape index (κ3) is 4.71. The Kier molecular flexibility index (Phi) is 6.05. The highest BCUT2D eigenvalue weighted by atomic mass is 79.9. The van der Waals surface area contributed by atoms with Gasteiger partial charge >= 0.3 is 0 Å². The molecule has 0 radical (unpaired) electrons. The summed E-state index contributed by atoms with van der Waals surface area (Å²) < 4.78 is 1.11. The first-order valence-electron chi connectivity index (χ1n) is 7.12. The van der Waals surface area contributed by atoms with Crippen LogP contribution in [0.2, 0.25) is 0 Å². The van der Waals surface area contributed by atoms with Crippen molar-refractivity contribution in [1.82, 2.24) is 15.1 Å². The van der Waals surface area contributed by atoms with Gasteiger partial charge < -0.3 is 15.1 Å².